The second-order valence-corrected chi connectivity index (χ2v) is 7.39. The van der Waals surface area contributed by atoms with Crippen LogP contribution in [-0.2, 0) is 14.4 Å². The zero-order valence-corrected chi connectivity index (χ0v) is 18.2. The van der Waals surface area contributed by atoms with Crippen LogP contribution in [0.25, 0.3) is 0 Å². The van der Waals surface area contributed by atoms with Crippen LogP contribution >= 0.6 is 11.6 Å². The molecule has 0 saturated heterocycles. The lowest BCUT2D eigenvalue weighted by Gasteiger charge is -2.18. The van der Waals surface area contributed by atoms with Gasteiger partial charge in [-0.05, 0) is 56.5 Å². The molecule has 7 nitrogen and oxygen atoms in total. The van der Waals surface area contributed by atoms with E-state index < -0.39 is 17.9 Å². The van der Waals surface area contributed by atoms with E-state index in [0.717, 1.165) is 16.7 Å². The van der Waals surface area contributed by atoms with E-state index >= 15 is 0 Å². The molecular weight excluding hydrogens is 406 g/mol. The maximum absolute atomic E-state index is 12.2. The van der Waals surface area contributed by atoms with Crippen molar-refractivity contribution in [3.63, 3.8) is 0 Å². The Morgan fingerprint density at radius 3 is 2.20 bits per heavy atom. The number of halogens is 1. The largest absolute Gasteiger partial charge is 0.480 e. The number of hydrogen-bond donors (Lipinski definition) is 3. The number of carbonyl (C=O) groups is 3. The molecule has 0 fully saturated rings. The number of benzene rings is 2. The number of anilines is 1. The fourth-order valence-corrected chi connectivity index (χ4v) is 2.87. The van der Waals surface area contributed by atoms with Crippen LogP contribution in [0.1, 0.15) is 36.5 Å². The molecule has 0 aliphatic rings. The van der Waals surface area contributed by atoms with Crippen LogP contribution in [0.4, 0.5) is 5.69 Å². The third kappa shape index (κ3) is 6.49. The Kier molecular flexibility index (Phi) is 8.24. The van der Waals surface area contributed by atoms with Crippen molar-refractivity contribution in [3.05, 3.63) is 58.1 Å². The fraction of sp³-hybridized carbons (Fsp3) is 0.318. The monoisotopic (exact) mass is 431 g/mol. The molecule has 2 aromatic carbocycles. The van der Waals surface area contributed by atoms with Crippen LogP contribution in [0.3, 0.4) is 0 Å². The van der Waals surface area contributed by atoms with E-state index in [0.29, 0.717) is 16.5 Å². The van der Waals surface area contributed by atoms with Gasteiger partial charge in [0.2, 0.25) is 11.8 Å². The molecule has 1 unspecified atom stereocenters. The van der Waals surface area contributed by atoms with Crippen molar-refractivity contribution in [2.75, 3.05) is 5.32 Å². The molecule has 30 heavy (non-hydrogen) atoms. The van der Waals surface area contributed by atoms with Gasteiger partial charge in [0.15, 0.2) is 6.10 Å². The van der Waals surface area contributed by atoms with E-state index in [1.807, 2.05) is 32.0 Å². The molecule has 0 aliphatic heterocycles. The van der Waals surface area contributed by atoms with Gasteiger partial charge in [-0.15, -0.1) is 0 Å². The van der Waals surface area contributed by atoms with Crippen LogP contribution in [0, 0.1) is 20.8 Å². The van der Waals surface area contributed by atoms with Gasteiger partial charge in [0.25, 0.3) is 5.91 Å². The Morgan fingerprint density at radius 2 is 1.53 bits per heavy atom. The standard InChI is InChI=1S/C22H26ClN3O4/c1-13-7-5-8-14(2)21(13)30-16(4)22(29)26-25-20(28)12-11-19(27)24-18-10-6-9-17(23)15(18)3/h5-10,16H,11-12H2,1-4H3,(H,24,27)(H,25,28)(H,26,29). The van der Waals surface area contributed by atoms with Crippen molar-refractivity contribution in [3.8, 4) is 5.75 Å². The van der Waals surface area contributed by atoms with Crippen molar-refractivity contribution < 1.29 is 19.1 Å². The van der Waals surface area contributed by atoms with E-state index in [1.54, 1.807) is 32.0 Å². The molecule has 0 saturated carbocycles. The lowest BCUT2D eigenvalue weighted by Crippen LogP contribution is -2.47. The van der Waals surface area contributed by atoms with Crippen LogP contribution in [0.15, 0.2) is 36.4 Å². The Morgan fingerprint density at radius 1 is 0.933 bits per heavy atom. The predicted octanol–water partition coefficient (Wildman–Crippen LogP) is 3.60. The van der Waals surface area contributed by atoms with Gasteiger partial charge in [0.05, 0.1) is 0 Å². The van der Waals surface area contributed by atoms with Gasteiger partial charge in [0, 0.05) is 23.6 Å². The summed E-state index contributed by atoms with van der Waals surface area (Å²) in [5.74, 6) is -0.668. The molecule has 0 aliphatic carbocycles. The van der Waals surface area contributed by atoms with Gasteiger partial charge < -0.3 is 10.1 Å². The highest BCUT2D eigenvalue weighted by Gasteiger charge is 2.18. The summed E-state index contributed by atoms with van der Waals surface area (Å²) in [6, 6.07) is 10.9. The van der Waals surface area contributed by atoms with Gasteiger partial charge >= 0.3 is 0 Å². The van der Waals surface area contributed by atoms with Crippen molar-refractivity contribution in [2.45, 2.75) is 46.6 Å². The Labute approximate surface area is 181 Å². The summed E-state index contributed by atoms with van der Waals surface area (Å²) < 4.78 is 5.72. The summed E-state index contributed by atoms with van der Waals surface area (Å²) in [5.41, 5.74) is 7.80. The average Bonchev–Trinajstić information content (AvgIpc) is 2.70. The molecule has 0 radical (unpaired) electrons. The summed E-state index contributed by atoms with van der Waals surface area (Å²) >= 11 is 6.02. The molecule has 3 N–H and O–H groups in total. The Bertz CT molecular complexity index is 926. The quantitative estimate of drug-likeness (QED) is 0.583. The first-order valence-corrected chi connectivity index (χ1v) is 9.93. The lowest BCUT2D eigenvalue weighted by atomic mass is 10.1. The van der Waals surface area contributed by atoms with Crippen LogP contribution in [0.5, 0.6) is 5.75 Å². The van der Waals surface area contributed by atoms with E-state index in [-0.39, 0.29) is 18.7 Å². The highest BCUT2D eigenvalue weighted by molar-refractivity contribution is 6.31. The topological polar surface area (TPSA) is 96.5 Å². The molecule has 8 heteroatoms. The number of hydrogen-bond acceptors (Lipinski definition) is 4. The zero-order chi connectivity index (χ0) is 22.3. The highest BCUT2D eigenvalue weighted by Crippen LogP contribution is 2.24. The first-order chi connectivity index (χ1) is 14.2. The van der Waals surface area contributed by atoms with Gasteiger partial charge in [-0.25, -0.2) is 0 Å². The third-order valence-corrected chi connectivity index (χ3v) is 4.93. The molecule has 1 atom stereocenters. The van der Waals surface area contributed by atoms with Crippen LogP contribution in [0.2, 0.25) is 5.02 Å². The van der Waals surface area contributed by atoms with Crippen molar-refractivity contribution in [1.82, 2.24) is 10.9 Å². The number of carbonyl (C=O) groups excluding carboxylic acids is 3. The fourth-order valence-electron chi connectivity index (χ4n) is 2.69. The van der Waals surface area contributed by atoms with E-state index in [2.05, 4.69) is 16.2 Å². The molecule has 0 aromatic heterocycles. The smallest absolute Gasteiger partial charge is 0.279 e. The van der Waals surface area contributed by atoms with Crippen LogP contribution in [-0.4, -0.2) is 23.8 Å². The number of hydrazine groups is 1. The van der Waals surface area contributed by atoms with Crippen LogP contribution < -0.4 is 20.9 Å². The second kappa shape index (κ2) is 10.6. The number of para-hydroxylation sites is 1. The second-order valence-electron chi connectivity index (χ2n) is 6.98. The number of rotatable bonds is 7. The summed E-state index contributed by atoms with van der Waals surface area (Å²) in [6.45, 7) is 7.17. The maximum Gasteiger partial charge on any atom is 0.279 e. The van der Waals surface area contributed by atoms with Crippen molar-refractivity contribution in [1.29, 1.82) is 0 Å². The Balaban J connectivity index is 1.76. The summed E-state index contributed by atoms with van der Waals surface area (Å²) in [5, 5.41) is 3.26. The van der Waals surface area contributed by atoms with Gasteiger partial charge in [-0.1, -0.05) is 35.9 Å². The first-order valence-electron chi connectivity index (χ1n) is 9.55. The SMILES string of the molecule is Cc1cccc(C)c1OC(C)C(=O)NNC(=O)CCC(=O)Nc1cccc(Cl)c1C. The highest BCUT2D eigenvalue weighted by atomic mass is 35.5. The third-order valence-electron chi connectivity index (χ3n) is 4.52. The van der Waals surface area contributed by atoms with Gasteiger partial charge in [-0.3, -0.25) is 25.2 Å². The minimum atomic E-state index is -0.806. The normalized spacial score (nSPS) is 11.4. The molecule has 0 heterocycles. The van der Waals surface area contributed by atoms with Gasteiger partial charge in [-0.2, -0.15) is 0 Å². The average molecular weight is 432 g/mol. The molecule has 2 aromatic rings. The molecule has 0 bridgehead atoms. The number of nitrogens with one attached hydrogen (secondary N) is 3. The summed E-state index contributed by atoms with van der Waals surface area (Å²) in [4.78, 5) is 36.2. The van der Waals surface area contributed by atoms with Crippen molar-refractivity contribution in [2.24, 2.45) is 0 Å². The van der Waals surface area contributed by atoms with E-state index in [9.17, 15) is 14.4 Å². The molecule has 0 spiro atoms. The Hall–Kier alpha value is -3.06. The summed E-state index contributed by atoms with van der Waals surface area (Å²) in [6.07, 6.45) is -0.931. The first kappa shape index (κ1) is 23.2. The maximum atomic E-state index is 12.2. The minimum Gasteiger partial charge on any atom is -0.480 e. The van der Waals surface area contributed by atoms with Gasteiger partial charge in [0.1, 0.15) is 5.75 Å². The van der Waals surface area contributed by atoms with E-state index in [4.69, 9.17) is 16.3 Å². The summed E-state index contributed by atoms with van der Waals surface area (Å²) in [7, 11) is 0. The lowest BCUT2D eigenvalue weighted by molar-refractivity contribution is -0.133. The molecular formula is C22H26ClN3O4. The zero-order valence-electron chi connectivity index (χ0n) is 17.5. The number of ether oxygens (including phenoxy) is 1. The molecule has 160 valence electrons. The van der Waals surface area contributed by atoms with E-state index in [1.165, 1.54) is 0 Å². The minimum absolute atomic E-state index is 0.0396. The van der Waals surface area contributed by atoms with Crippen molar-refractivity contribution >= 4 is 35.0 Å². The molecule has 2 rings (SSSR count). The number of amides is 3. The number of aryl methyl sites for hydroxylation is 2. The molecule has 3 amide bonds. The predicted molar refractivity (Wildman–Crippen MR) is 116 cm³/mol.